The topological polar surface area (TPSA) is 61.8 Å². The SMILES string of the molecule is CCCCC/C=C\C/C=C\CCCCCCCCCC(=O)O[C@H](COCCCCCCCCCCCCCCCCCC)COC(=O)CCCCCCCCCCCCC. The van der Waals surface area contributed by atoms with Gasteiger partial charge in [0.2, 0.25) is 0 Å². The van der Waals surface area contributed by atoms with Gasteiger partial charge in [-0.1, -0.05) is 251 Å². The quantitative estimate of drug-likeness (QED) is 0.0347. The average Bonchev–Trinajstić information content (AvgIpc) is 3.25. The van der Waals surface area contributed by atoms with Crippen molar-refractivity contribution in [1.29, 1.82) is 0 Å². The second-order valence-corrected chi connectivity index (χ2v) is 18.1. The molecule has 0 aromatic carbocycles. The van der Waals surface area contributed by atoms with Crippen LogP contribution in [0.4, 0.5) is 0 Å². The Morgan fingerprint density at radius 2 is 0.700 bits per heavy atom. The van der Waals surface area contributed by atoms with E-state index >= 15 is 0 Å². The van der Waals surface area contributed by atoms with Gasteiger partial charge in [-0.25, -0.2) is 0 Å². The third-order valence-electron chi connectivity index (χ3n) is 12.0. The molecule has 0 unspecified atom stereocenters. The highest BCUT2D eigenvalue weighted by atomic mass is 16.6. The highest BCUT2D eigenvalue weighted by Crippen LogP contribution is 2.16. The number of carbonyl (C=O) groups excluding carboxylic acids is 2. The molecular weight excluding hydrogens is 741 g/mol. The van der Waals surface area contributed by atoms with Crippen molar-refractivity contribution in [3.05, 3.63) is 24.3 Å². The number of unbranched alkanes of at least 4 members (excludes halogenated alkanes) is 35. The summed E-state index contributed by atoms with van der Waals surface area (Å²) in [6.45, 7) is 7.85. The Balaban J connectivity index is 4.21. The van der Waals surface area contributed by atoms with Crippen LogP contribution >= 0.6 is 0 Å². The first-order valence-corrected chi connectivity index (χ1v) is 26.9. The molecule has 0 saturated heterocycles. The van der Waals surface area contributed by atoms with Gasteiger partial charge in [-0.2, -0.15) is 0 Å². The monoisotopic (exact) mass is 845 g/mol. The van der Waals surface area contributed by atoms with Crippen molar-refractivity contribution in [3.63, 3.8) is 0 Å². The zero-order valence-corrected chi connectivity index (χ0v) is 40.7. The van der Waals surface area contributed by atoms with Crippen LogP contribution in [0.25, 0.3) is 0 Å². The summed E-state index contributed by atoms with van der Waals surface area (Å²) in [6, 6.07) is 0. The summed E-state index contributed by atoms with van der Waals surface area (Å²) in [4.78, 5) is 25.4. The second-order valence-electron chi connectivity index (χ2n) is 18.1. The summed E-state index contributed by atoms with van der Waals surface area (Å²) in [5, 5.41) is 0. The number of esters is 2. The van der Waals surface area contributed by atoms with Gasteiger partial charge in [-0.15, -0.1) is 0 Å². The highest BCUT2D eigenvalue weighted by Gasteiger charge is 2.17. The maximum Gasteiger partial charge on any atom is 0.306 e. The van der Waals surface area contributed by atoms with E-state index in [-0.39, 0.29) is 18.5 Å². The summed E-state index contributed by atoms with van der Waals surface area (Å²) >= 11 is 0. The number of hydrogen-bond acceptors (Lipinski definition) is 5. The van der Waals surface area contributed by atoms with Gasteiger partial charge in [0.25, 0.3) is 0 Å². The maximum atomic E-state index is 12.8. The van der Waals surface area contributed by atoms with E-state index in [9.17, 15) is 9.59 Å². The van der Waals surface area contributed by atoms with Crippen molar-refractivity contribution in [2.75, 3.05) is 19.8 Å². The predicted octanol–water partition coefficient (Wildman–Crippen LogP) is 18.0. The van der Waals surface area contributed by atoms with Crippen molar-refractivity contribution in [2.45, 2.75) is 297 Å². The minimum absolute atomic E-state index is 0.0898. The molecule has 0 heterocycles. The fourth-order valence-electron chi connectivity index (χ4n) is 7.95. The number of allylic oxidation sites excluding steroid dienone is 4. The van der Waals surface area contributed by atoms with Gasteiger partial charge in [-0.3, -0.25) is 9.59 Å². The number of ether oxygens (including phenoxy) is 3. The van der Waals surface area contributed by atoms with E-state index in [1.54, 1.807) is 0 Å². The van der Waals surface area contributed by atoms with E-state index in [1.807, 2.05) is 0 Å². The van der Waals surface area contributed by atoms with Crippen LogP contribution in [0.5, 0.6) is 0 Å². The van der Waals surface area contributed by atoms with E-state index in [1.165, 1.54) is 212 Å². The first-order chi connectivity index (χ1) is 29.6. The van der Waals surface area contributed by atoms with Gasteiger partial charge in [-0.05, 0) is 51.4 Å². The van der Waals surface area contributed by atoms with Crippen LogP contribution in [-0.4, -0.2) is 37.9 Å². The zero-order chi connectivity index (χ0) is 43.5. The fourth-order valence-corrected chi connectivity index (χ4v) is 7.95. The van der Waals surface area contributed by atoms with Gasteiger partial charge in [0.1, 0.15) is 6.61 Å². The molecule has 0 aliphatic rings. The summed E-state index contributed by atoms with van der Waals surface area (Å²) < 4.78 is 17.4. The lowest BCUT2D eigenvalue weighted by Crippen LogP contribution is -2.30. The second kappa shape index (κ2) is 51.7. The molecule has 0 bridgehead atoms. The number of rotatable bonds is 50. The van der Waals surface area contributed by atoms with Crippen LogP contribution in [0, 0.1) is 0 Å². The van der Waals surface area contributed by atoms with E-state index in [0.717, 1.165) is 44.9 Å². The molecule has 0 fully saturated rings. The zero-order valence-electron chi connectivity index (χ0n) is 40.7. The number of carbonyl (C=O) groups is 2. The van der Waals surface area contributed by atoms with Gasteiger partial charge in [0, 0.05) is 19.4 Å². The molecule has 0 aliphatic heterocycles. The molecule has 0 rings (SSSR count). The van der Waals surface area contributed by atoms with E-state index in [0.29, 0.717) is 26.1 Å². The van der Waals surface area contributed by atoms with Crippen molar-refractivity contribution >= 4 is 11.9 Å². The van der Waals surface area contributed by atoms with Crippen LogP contribution in [0.3, 0.4) is 0 Å². The third kappa shape index (κ3) is 49.0. The summed E-state index contributed by atoms with van der Waals surface area (Å²) in [5.74, 6) is -0.388. The smallest absolute Gasteiger partial charge is 0.306 e. The normalized spacial score (nSPS) is 12.2. The minimum atomic E-state index is -0.532. The van der Waals surface area contributed by atoms with Crippen LogP contribution in [0.1, 0.15) is 290 Å². The van der Waals surface area contributed by atoms with E-state index in [4.69, 9.17) is 14.2 Å². The highest BCUT2D eigenvalue weighted by molar-refractivity contribution is 5.70. The first kappa shape index (κ1) is 58.4. The van der Waals surface area contributed by atoms with E-state index in [2.05, 4.69) is 45.1 Å². The summed E-state index contributed by atoms with van der Waals surface area (Å²) in [5.41, 5.74) is 0. The Morgan fingerprint density at radius 3 is 1.13 bits per heavy atom. The Hall–Kier alpha value is -1.62. The van der Waals surface area contributed by atoms with Crippen molar-refractivity contribution in [3.8, 4) is 0 Å². The molecule has 354 valence electrons. The lowest BCUT2D eigenvalue weighted by molar-refractivity contribution is -0.163. The molecular formula is C55H104O5. The Labute approximate surface area is 375 Å². The van der Waals surface area contributed by atoms with Crippen LogP contribution < -0.4 is 0 Å². The number of hydrogen-bond donors (Lipinski definition) is 0. The molecule has 0 aliphatic carbocycles. The lowest BCUT2D eigenvalue weighted by atomic mass is 10.0. The largest absolute Gasteiger partial charge is 0.462 e. The Morgan fingerprint density at radius 1 is 0.367 bits per heavy atom. The van der Waals surface area contributed by atoms with Gasteiger partial charge in [0.05, 0.1) is 6.61 Å². The lowest BCUT2D eigenvalue weighted by Gasteiger charge is -2.18. The van der Waals surface area contributed by atoms with Crippen molar-refractivity contribution < 1.29 is 23.8 Å². The Kier molecular flexibility index (Phi) is 50.3. The molecule has 0 saturated carbocycles. The molecule has 5 heteroatoms. The molecule has 0 amide bonds. The van der Waals surface area contributed by atoms with Crippen molar-refractivity contribution in [1.82, 2.24) is 0 Å². The molecule has 60 heavy (non-hydrogen) atoms. The molecule has 0 spiro atoms. The molecule has 0 aromatic rings. The summed E-state index contributed by atoms with van der Waals surface area (Å²) in [7, 11) is 0. The van der Waals surface area contributed by atoms with E-state index < -0.39 is 6.10 Å². The molecule has 1 atom stereocenters. The van der Waals surface area contributed by atoms with Crippen molar-refractivity contribution in [2.24, 2.45) is 0 Å². The molecule has 0 radical (unpaired) electrons. The van der Waals surface area contributed by atoms with Gasteiger partial charge >= 0.3 is 11.9 Å². The minimum Gasteiger partial charge on any atom is -0.462 e. The van der Waals surface area contributed by atoms with Crippen LogP contribution in [0.2, 0.25) is 0 Å². The maximum absolute atomic E-state index is 12.8. The standard InChI is InChI=1S/C55H104O5/c1-4-7-10-13-16-19-22-24-26-28-29-31-34-37-40-43-46-49-55(57)60-53(52-59-54(56)48-45-42-39-36-33-21-18-15-12-9-6-3)51-58-50-47-44-41-38-35-32-30-27-25-23-20-17-14-11-8-5-2/h16,19,24,26,53H,4-15,17-18,20-23,25,27-52H2,1-3H3/b19-16-,26-24-/t53-/m1/s1. The third-order valence-corrected chi connectivity index (χ3v) is 12.0. The van der Waals surface area contributed by atoms with Gasteiger partial charge < -0.3 is 14.2 Å². The molecule has 0 aromatic heterocycles. The van der Waals surface area contributed by atoms with Crippen LogP contribution in [0.15, 0.2) is 24.3 Å². The Bertz CT molecular complexity index is 913. The molecule has 0 N–H and O–H groups in total. The average molecular weight is 845 g/mol. The first-order valence-electron chi connectivity index (χ1n) is 26.9. The van der Waals surface area contributed by atoms with Crippen LogP contribution in [-0.2, 0) is 23.8 Å². The molecule has 5 nitrogen and oxygen atoms in total. The van der Waals surface area contributed by atoms with Gasteiger partial charge in [0.15, 0.2) is 6.10 Å². The summed E-state index contributed by atoms with van der Waals surface area (Å²) in [6.07, 6.45) is 60.4. The predicted molar refractivity (Wildman–Crippen MR) is 261 cm³/mol. The fraction of sp³-hybridized carbons (Fsp3) is 0.891.